The average molecular weight is 382 g/mol. The maximum absolute atomic E-state index is 11.6. The number of ether oxygens (including phenoxy) is 1. The summed E-state index contributed by atoms with van der Waals surface area (Å²) in [5.41, 5.74) is 4.82. The second-order valence-electron chi connectivity index (χ2n) is 8.71. The van der Waals surface area contributed by atoms with Crippen LogP contribution in [-0.2, 0) is 9.22 Å². The maximum atomic E-state index is 11.6. The summed E-state index contributed by atoms with van der Waals surface area (Å²) in [6.07, 6.45) is 1.07. The van der Waals surface area contributed by atoms with Crippen LogP contribution in [-0.4, -0.2) is 21.1 Å². The van der Waals surface area contributed by atoms with E-state index in [1.807, 2.05) is 18.2 Å². The predicted octanol–water partition coefficient (Wildman–Crippen LogP) is 5.80. The molecule has 3 rings (SSSR count). The van der Waals surface area contributed by atoms with Crippen molar-refractivity contribution in [1.82, 2.24) is 0 Å². The zero-order valence-corrected chi connectivity index (χ0v) is 18.1. The molecule has 2 aromatic rings. The lowest BCUT2D eigenvalue weighted by molar-refractivity contribution is -0.131. The van der Waals surface area contributed by atoms with E-state index in [4.69, 9.17) is 9.16 Å². The molecule has 27 heavy (non-hydrogen) atoms. The number of carbonyl (C=O) groups is 1. The second-order valence-corrected chi connectivity index (χ2v) is 10.8. The van der Waals surface area contributed by atoms with Gasteiger partial charge in [0.15, 0.2) is 0 Å². The van der Waals surface area contributed by atoms with Crippen molar-refractivity contribution in [3.05, 3.63) is 53.6 Å². The van der Waals surface area contributed by atoms with E-state index in [-0.39, 0.29) is 23.4 Å². The molecule has 2 unspecified atom stereocenters. The summed E-state index contributed by atoms with van der Waals surface area (Å²) in [5.74, 6) is 0.508. The Balaban J connectivity index is 2.15. The Morgan fingerprint density at radius 1 is 1.07 bits per heavy atom. The lowest BCUT2D eigenvalue weighted by Crippen LogP contribution is -2.31. The molecule has 0 amide bonds. The van der Waals surface area contributed by atoms with Gasteiger partial charge in [0.2, 0.25) is 9.04 Å². The molecule has 0 aliphatic heterocycles. The van der Waals surface area contributed by atoms with Crippen LogP contribution in [0.2, 0.25) is 13.1 Å². The number of benzene rings is 2. The molecule has 0 bridgehead atoms. The van der Waals surface area contributed by atoms with Crippen LogP contribution < -0.4 is 4.74 Å². The number of fused-ring (bicyclic) bond motifs is 3. The number of carbonyl (C=O) groups excluding carboxylic acids is 1. The molecule has 3 nitrogen and oxygen atoms in total. The van der Waals surface area contributed by atoms with E-state index >= 15 is 0 Å². The summed E-state index contributed by atoms with van der Waals surface area (Å²) in [6, 6.07) is 14.5. The molecule has 2 atom stereocenters. The predicted molar refractivity (Wildman–Crippen MR) is 111 cm³/mol. The molecule has 0 saturated heterocycles. The van der Waals surface area contributed by atoms with Gasteiger partial charge in [-0.3, -0.25) is 4.79 Å². The minimum Gasteiger partial charge on any atom is -0.426 e. The molecular formula is C23H29O3Si. The Labute approximate surface area is 164 Å². The molecule has 143 valence electrons. The SMILES string of the molecule is CC(=O)Oc1cccc2c1-c1ccccc1C2C(CC(C)(C)C)O[Si](C)C. The number of hydrogen-bond acceptors (Lipinski definition) is 3. The lowest BCUT2D eigenvalue weighted by Gasteiger charge is -2.33. The third-order valence-corrected chi connectivity index (χ3v) is 5.56. The third kappa shape index (κ3) is 4.33. The third-order valence-electron chi connectivity index (χ3n) is 4.78. The van der Waals surface area contributed by atoms with Gasteiger partial charge in [-0.15, -0.1) is 0 Å². The standard InChI is InChI=1S/C23H29O3Si/c1-15(24)25-19-13-9-12-18-21(19)16-10-7-8-11-17(16)22(18)20(26-27(5)6)14-23(2,3)4/h7-13,20,22H,14H2,1-6H3. The molecule has 0 heterocycles. The number of rotatable bonds is 5. The molecule has 0 aromatic heterocycles. The minimum atomic E-state index is -0.859. The highest BCUT2D eigenvalue weighted by Gasteiger charge is 2.38. The average Bonchev–Trinajstić information content (AvgIpc) is 2.87. The van der Waals surface area contributed by atoms with Gasteiger partial charge in [0.05, 0.1) is 6.10 Å². The Bertz CT molecular complexity index is 836. The van der Waals surface area contributed by atoms with Crippen molar-refractivity contribution in [2.75, 3.05) is 0 Å². The van der Waals surface area contributed by atoms with Crippen LogP contribution in [0.3, 0.4) is 0 Å². The molecule has 1 aliphatic carbocycles. The van der Waals surface area contributed by atoms with E-state index in [0.29, 0.717) is 5.75 Å². The van der Waals surface area contributed by atoms with Crippen molar-refractivity contribution >= 4 is 15.0 Å². The molecule has 1 radical (unpaired) electrons. The first-order valence-corrected chi connectivity index (χ1v) is 12.0. The Morgan fingerprint density at radius 3 is 2.37 bits per heavy atom. The van der Waals surface area contributed by atoms with Gasteiger partial charge in [-0.2, -0.15) is 0 Å². The molecule has 0 fully saturated rings. The minimum absolute atomic E-state index is 0.101. The van der Waals surface area contributed by atoms with Gasteiger partial charge in [0.1, 0.15) is 5.75 Å². The molecule has 4 heteroatoms. The van der Waals surface area contributed by atoms with Crippen molar-refractivity contribution in [1.29, 1.82) is 0 Å². The van der Waals surface area contributed by atoms with Gasteiger partial charge in [-0.25, -0.2) is 0 Å². The zero-order chi connectivity index (χ0) is 19.8. The normalized spacial score (nSPS) is 16.8. The molecule has 0 spiro atoms. The van der Waals surface area contributed by atoms with Gasteiger partial charge in [-0.1, -0.05) is 57.2 Å². The Kier molecular flexibility index (Phi) is 5.59. The van der Waals surface area contributed by atoms with E-state index < -0.39 is 9.04 Å². The van der Waals surface area contributed by atoms with Crippen molar-refractivity contribution < 1.29 is 14.0 Å². The summed E-state index contributed by atoms with van der Waals surface area (Å²) < 4.78 is 12.1. The van der Waals surface area contributed by atoms with Crippen LogP contribution in [0, 0.1) is 5.41 Å². The fourth-order valence-corrected chi connectivity index (χ4v) is 4.86. The Hall–Kier alpha value is -1.91. The quantitative estimate of drug-likeness (QED) is 0.373. The van der Waals surface area contributed by atoms with Crippen LogP contribution in [0.15, 0.2) is 42.5 Å². The topological polar surface area (TPSA) is 35.5 Å². The van der Waals surface area contributed by atoms with Crippen LogP contribution in [0.4, 0.5) is 0 Å². The fourth-order valence-electron chi connectivity index (χ4n) is 4.03. The van der Waals surface area contributed by atoms with Gasteiger partial charge in [-0.05, 0) is 47.7 Å². The molecule has 0 saturated carbocycles. The van der Waals surface area contributed by atoms with Gasteiger partial charge in [0.25, 0.3) is 0 Å². The van der Waals surface area contributed by atoms with E-state index in [2.05, 4.69) is 58.1 Å². The van der Waals surface area contributed by atoms with Crippen molar-refractivity contribution in [3.8, 4) is 16.9 Å². The van der Waals surface area contributed by atoms with Gasteiger partial charge in [0, 0.05) is 18.4 Å². The highest BCUT2D eigenvalue weighted by atomic mass is 28.3. The van der Waals surface area contributed by atoms with E-state index in [1.54, 1.807) is 0 Å². The van der Waals surface area contributed by atoms with Crippen LogP contribution in [0.25, 0.3) is 11.1 Å². The summed E-state index contributed by atoms with van der Waals surface area (Å²) >= 11 is 0. The van der Waals surface area contributed by atoms with Crippen LogP contribution in [0.5, 0.6) is 5.75 Å². The van der Waals surface area contributed by atoms with Gasteiger partial charge < -0.3 is 9.16 Å². The first-order valence-electron chi connectivity index (χ1n) is 9.55. The molecular weight excluding hydrogens is 352 g/mol. The summed E-state index contributed by atoms with van der Waals surface area (Å²) in [6.45, 7) is 12.6. The second kappa shape index (κ2) is 7.61. The summed E-state index contributed by atoms with van der Waals surface area (Å²) in [4.78, 5) is 11.6. The first-order chi connectivity index (χ1) is 12.7. The van der Waals surface area contributed by atoms with Crippen molar-refractivity contribution in [3.63, 3.8) is 0 Å². The van der Waals surface area contributed by atoms with Crippen molar-refractivity contribution in [2.24, 2.45) is 5.41 Å². The summed E-state index contributed by atoms with van der Waals surface area (Å²) in [7, 11) is -0.859. The molecule has 0 N–H and O–H groups in total. The van der Waals surface area contributed by atoms with Crippen molar-refractivity contribution in [2.45, 2.75) is 59.2 Å². The largest absolute Gasteiger partial charge is 0.426 e. The van der Waals surface area contributed by atoms with E-state index in [0.717, 1.165) is 17.5 Å². The maximum Gasteiger partial charge on any atom is 0.308 e. The zero-order valence-electron chi connectivity index (χ0n) is 17.1. The van der Waals surface area contributed by atoms with Gasteiger partial charge >= 0.3 is 5.97 Å². The number of hydrogen-bond donors (Lipinski definition) is 0. The molecule has 2 aromatic carbocycles. The fraction of sp³-hybridized carbons (Fsp3) is 0.435. The lowest BCUT2D eigenvalue weighted by atomic mass is 9.81. The smallest absolute Gasteiger partial charge is 0.308 e. The molecule has 1 aliphatic rings. The monoisotopic (exact) mass is 381 g/mol. The van der Waals surface area contributed by atoms with E-state index in [1.165, 1.54) is 18.1 Å². The van der Waals surface area contributed by atoms with Crippen LogP contribution in [0.1, 0.15) is 51.2 Å². The highest BCUT2D eigenvalue weighted by molar-refractivity contribution is 6.48. The Morgan fingerprint density at radius 2 is 1.74 bits per heavy atom. The highest BCUT2D eigenvalue weighted by Crippen LogP contribution is 2.52. The first kappa shape index (κ1) is 19.8. The van der Waals surface area contributed by atoms with Crippen LogP contribution >= 0.6 is 0 Å². The summed E-state index contributed by atoms with van der Waals surface area (Å²) in [5, 5.41) is 0. The number of esters is 1. The van der Waals surface area contributed by atoms with E-state index in [9.17, 15) is 4.79 Å².